The number of rotatable bonds is 4. The molecule has 0 unspecified atom stereocenters. The van der Waals surface area contributed by atoms with E-state index in [1.807, 2.05) is 0 Å². The maximum absolute atomic E-state index is 13.5. The first kappa shape index (κ1) is 14.9. The number of hydrogen-bond donors (Lipinski definition) is 1. The van der Waals surface area contributed by atoms with Gasteiger partial charge in [-0.05, 0) is 29.8 Å². The Hall–Kier alpha value is -1.50. The summed E-state index contributed by atoms with van der Waals surface area (Å²) in [6.45, 7) is -0.114. The van der Waals surface area contributed by atoms with Crippen molar-refractivity contribution in [3.63, 3.8) is 0 Å². The monoisotopic (exact) mass is 317 g/mol. The van der Waals surface area contributed by atoms with Gasteiger partial charge in [-0.15, -0.1) is 0 Å². The largest absolute Gasteiger partial charge is 0.246 e. The molecule has 3 nitrogen and oxygen atoms in total. The fraction of sp³-hybridized carbons (Fsp3) is 0.0769. The minimum Gasteiger partial charge on any atom is -0.207 e. The molecule has 1 N–H and O–H groups in total. The molecule has 2 aromatic carbocycles. The van der Waals surface area contributed by atoms with Crippen molar-refractivity contribution in [1.29, 1.82) is 0 Å². The summed E-state index contributed by atoms with van der Waals surface area (Å²) >= 11 is 5.77. The zero-order valence-electron chi connectivity index (χ0n) is 10.1. The van der Waals surface area contributed by atoms with Gasteiger partial charge in [0.05, 0.1) is 0 Å². The number of halogens is 3. The Labute approximate surface area is 120 Å². The summed E-state index contributed by atoms with van der Waals surface area (Å²) in [6.07, 6.45) is 0. The molecular weight excluding hydrogens is 308 g/mol. The van der Waals surface area contributed by atoms with E-state index in [-0.39, 0.29) is 6.54 Å². The van der Waals surface area contributed by atoms with E-state index in [1.54, 1.807) is 24.3 Å². The Morgan fingerprint density at radius 3 is 2.25 bits per heavy atom. The van der Waals surface area contributed by atoms with Crippen molar-refractivity contribution in [1.82, 2.24) is 4.72 Å². The molecule has 0 spiro atoms. The van der Waals surface area contributed by atoms with Crippen LogP contribution in [0.4, 0.5) is 8.78 Å². The molecule has 0 aromatic heterocycles. The molecule has 0 radical (unpaired) electrons. The summed E-state index contributed by atoms with van der Waals surface area (Å²) in [6, 6.07) is 9.36. The molecule has 0 aliphatic heterocycles. The fourth-order valence-corrected chi connectivity index (χ4v) is 3.00. The first-order valence-electron chi connectivity index (χ1n) is 5.58. The van der Waals surface area contributed by atoms with Gasteiger partial charge >= 0.3 is 0 Å². The van der Waals surface area contributed by atoms with Gasteiger partial charge in [-0.3, -0.25) is 0 Å². The smallest absolute Gasteiger partial charge is 0.207 e. The van der Waals surface area contributed by atoms with Crippen molar-refractivity contribution in [2.75, 3.05) is 0 Å². The van der Waals surface area contributed by atoms with Gasteiger partial charge in [0.25, 0.3) is 0 Å². The Kier molecular flexibility index (Phi) is 4.37. The van der Waals surface area contributed by atoms with E-state index in [9.17, 15) is 17.2 Å². The lowest BCUT2D eigenvalue weighted by molar-refractivity contribution is 0.514. The Balaban J connectivity index is 2.24. The van der Waals surface area contributed by atoms with E-state index >= 15 is 0 Å². The summed E-state index contributed by atoms with van der Waals surface area (Å²) < 4.78 is 52.9. The van der Waals surface area contributed by atoms with E-state index in [1.165, 1.54) is 0 Å². The molecule has 2 aromatic rings. The van der Waals surface area contributed by atoms with Crippen molar-refractivity contribution in [2.45, 2.75) is 11.4 Å². The third-order valence-corrected chi connectivity index (χ3v) is 4.23. The predicted molar refractivity (Wildman–Crippen MR) is 71.8 cm³/mol. The van der Waals surface area contributed by atoms with Crippen LogP contribution >= 0.6 is 11.6 Å². The van der Waals surface area contributed by atoms with Gasteiger partial charge in [-0.2, -0.15) is 0 Å². The number of benzene rings is 2. The highest BCUT2D eigenvalue weighted by Crippen LogP contribution is 2.18. The van der Waals surface area contributed by atoms with E-state index in [2.05, 4.69) is 4.72 Å². The number of nitrogens with one attached hydrogen (secondary N) is 1. The molecule has 0 bridgehead atoms. The molecule has 0 heterocycles. The van der Waals surface area contributed by atoms with Crippen LogP contribution in [0, 0.1) is 11.6 Å². The van der Waals surface area contributed by atoms with Crippen LogP contribution in [-0.2, 0) is 16.6 Å². The molecule has 0 saturated heterocycles. The standard InChI is InChI=1S/C13H10ClF2NO2S/c14-10-4-1-3-9(7-10)8-17-20(18,19)13-11(15)5-2-6-12(13)16/h1-7,17H,8H2. The lowest BCUT2D eigenvalue weighted by Crippen LogP contribution is -2.25. The van der Waals surface area contributed by atoms with Gasteiger partial charge < -0.3 is 0 Å². The first-order valence-corrected chi connectivity index (χ1v) is 7.44. The van der Waals surface area contributed by atoms with Crippen molar-refractivity contribution in [3.05, 3.63) is 64.7 Å². The van der Waals surface area contributed by atoms with Crippen LogP contribution in [0.25, 0.3) is 0 Å². The molecule has 0 aliphatic rings. The third kappa shape index (κ3) is 3.33. The molecule has 2 rings (SSSR count). The normalized spacial score (nSPS) is 11.6. The molecule has 7 heteroatoms. The highest BCUT2D eigenvalue weighted by Gasteiger charge is 2.23. The van der Waals surface area contributed by atoms with Gasteiger partial charge in [0, 0.05) is 11.6 Å². The Morgan fingerprint density at radius 1 is 1.05 bits per heavy atom. The molecule has 0 aliphatic carbocycles. The molecule has 0 saturated carbocycles. The Bertz CT molecular complexity index is 715. The van der Waals surface area contributed by atoms with E-state index in [4.69, 9.17) is 11.6 Å². The van der Waals surface area contributed by atoms with E-state index in [0.717, 1.165) is 18.2 Å². The average molecular weight is 318 g/mol. The fourth-order valence-electron chi connectivity index (χ4n) is 1.64. The minimum absolute atomic E-state index is 0.114. The van der Waals surface area contributed by atoms with Crippen molar-refractivity contribution in [2.24, 2.45) is 0 Å². The molecule has 0 amide bonds. The molecule has 0 atom stereocenters. The van der Waals surface area contributed by atoms with E-state index in [0.29, 0.717) is 10.6 Å². The maximum Gasteiger partial charge on any atom is 0.246 e. The first-order chi connectivity index (χ1) is 9.40. The van der Waals surface area contributed by atoms with Crippen LogP contribution in [0.5, 0.6) is 0 Å². The van der Waals surface area contributed by atoms with Gasteiger partial charge in [0.1, 0.15) is 11.6 Å². The zero-order valence-corrected chi connectivity index (χ0v) is 11.7. The molecule has 20 heavy (non-hydrogen) atoms. The second-order valence-electron chi connectivity index (χ2n) is 4.01. The lowest BCUT2D eigenvalue weighted by atomic mass is 10.2. The summed E-state index contributed by atoms with van der Waals surface area (Å²) in [5, 5.41) is 0.443. The quantitative estimate of drug-likeness (QED) is 0.942. The van der Waals surface area contributed by atoms with E-state index < -0.39 is 26.6 Å². The van der Waals surface area contributed by atoms with Crippen LogP contribution in [0.1, 0.15) is 5.56 Å². The summed E-state index contributed by atoms with van der Waals surface area (Å²) in [5.41, 5.74) is 0.581. The number of hydrogen-bond acceptors (Lipinski definition) is 2. The lowest BCUT2D eigenvalue weighted by Gasteiger charge is -2.08. The molecular formula is C13H10ClF2NO2S. The van der Waals surface area contributed by atoms with Crippen molar-refractivity contribution < 1.29 is 17.2 Å². The summed E-state index contributed by atoms with van der Waals surface area (Å²) in [5.74, 6) is -2.27. The molecule has 106 valence electrons. The zero-order chi connectivity index (χ0) is 14.8. The SMILES string of the molecule is O=S(=O)(NCc1cccc(Cl)c1)c1c(F)cccc1F. The van der Waals surface area contributed by atoms with Crippen LogP contribution in [0.2, 0.25) is 5.02 Å². The summed E-state index contributed by atoms with van der Waals surface area (Å²) in [4.78, 5) is -0.984. The van der Waals surface area contributed by atoms with Crippen LogP contribution in [0.3, 0.4) is 0 Å². The summed E-state index contributed by atoms with van der Waals surface area (Å²) in [7, 11) is -4.28. The number of sulfonamides is 1. The second-order valence-corrected chi connectivity index (χ2v) is 6.15. The van der Waals surface area contributed by atoms with Crippen molar-refractivity contribution in [3.8, 4) is 0 Å². The van der Waals surface area contributed by atoms with Gasteiger partial charge in [0.2, 0.25) is 10.0 Å². The third-order valence-electron chi connectivity index (χ3n) is 2.54. The van der Waals surface area contributed by atoms with Crippen LogP contribution < -0.4 is 4.72 Å². The Morgan fingerprint density at radius 2 is 1.65 bits per heavy atom. The van der Waals surface area contributed by atoms with Crippen LogP contribution in [-0.4, -0.2) is 8.42 Å². The maximum atomic E-state index is 13.5. The van der Waals surface area contributed by atoms with Crippen LogP contribution in [0.15, 0.2) is 47.4 Å². The molecule has 0 fully saturated rings. The van der Waals surface area contributed by atoms with Gasteiger partial charge in [-0.1, -0.05) is 29.8 Å². The highest BCUT2D eigenvalue weighted by atomic mass is 35.5. The van der Waals surface area contributed by atoms with Crippen molar-refractivity contribution >= 4 is 21.6 Å². The minimum atomic E-state index is -4.28. The highest BCUT2D eigenvalue weighted by molar-refractivity contribution is 7.89. The topological polar surface area (TPSA) is 46.2 Å². The average Bonchev–Trinajstić information content (AvgIpc) is 2.36. The van der Waals surface area contributed by atoms with Gasteiger partial charge in [-0.25, -0.2) is 21.9 Å². The second kappa shape index (κ2) is 5.87. The predicted octanol–water partition coefficient (Wildman–Crippen LogP) is 3.10. The van der Waals surface area contributed by atoms with Gasteiger partial charge in [0.15, 0.2) is 4.90 Å².